The zero-order valence-electron chi connectivity index (χ0n) is 9.09. The van der Waals surface area contributed by atoms with E-state index in [0.29, 0.717) is 17.7 Å². The van der Waals surface area contributed by atoms with Crippen molar-refractivity contribution in [2.24, 2.45) is 0 Å². The van der Waals surface area contributed by atoms with Crippen LogP contribution in [0.15, 0.2) is 18.2 Å². The molecule has 0 radical (unpaired) electrons. The molecule has 2 unspecified atom stereocenters. The van der Waals surface area contributed by atoms with Gasteiger partial charge in [0.25, 0.3) is 0 Å². The Balaban J connectivity index is 2.19. The molecule has 1 fully saturated rings. The monoisotopic (exact) mass is 209 g/mol. The standard InChI is InChI=1S/C12H16FNO/c1-8-5-10(7-14-8)9-3-4-12(15-2)11(13)6-9/h3-4,6,8,10,14H,5,7H2,1-2H3. The van der Waals surface area contributed by atoms with Gasteiger partial charge in [-0.05, 0) is 37.0 Å². The molecule has 3 heteroatoms. The Labute approximate surface area is 89.4 Å². The summed E-state index contributed by atoms with van der Waals surface area (Å²) in [5.74, 6) is 0.479. The Morgan fingerprint density at radius 3 is 2.80 bits per heavy atom. The molecular weight excluding hydrogens is 193 g/mol. The predicted molar refractivity (Wildman–Crippen MR) is 57.8 cm³/mol. The van der Waals surface area contributed by atoms with Crippen LogP contribution < -0.4 is 10.1 Å². The molecular formula is C12H16FNO. The second-order valence-corrected chi connectivity index (χ2v) is 4.14. The van der Waals surface area contributed by atoms with E-state index in [1.54, 1.807) is 12.1 Å². The van der Waals surface area contributed by atoms with Crippen molar-refractivity contribution in [3.63, 3.8) is 0 Å². The number of hydrogen-bond donors (Lipinski definition) is 1. The largest absolute Gasteiger partial charge is 0.494 e. The van der Waals surface area contributed by atoms with Crippen molar-refractivity contribution >= 4 is 0 Å². The van der Waals surface area contributed by atoms with E-state index >= 15 is 0 Å². The van der Waals surface area contributed by atoms with Crippen LogP contribution >= 0.6 is 0 Å². The molecule has 15 heavy (non-hydrogen) atoms. The maximum atomic E-state index is 13.5. The van der Waals surface area contributed by atoms with Crippen LogP contribution in [-0.4, -0.2) is 19.7 Å². The van der Waals surface area contributed by atoms with Crippen molar-refractivity contribution in [3.8, 4) is 5.75 Å². The van der Waals surface area contributed by atoms with Gasteiger partial charge in [-0.2, -0.15) is 0 Å². The van der Waals surface area contributed by atoms with E-state index in [9.17, 15) is 4.39 Å². The highest BCUT2D eigenvalue weighted by molar-refractivity contribution is 5.32. The summed E-state index contributed by atoms with van der Waals surface area (Å²) in [7, 11) is 1.48. The quantitative estimate of drug-likeness (QED) is 0.807. The first kappa shape index (κ1) is 10.4. The molecule has 82 valence electrons. The highest BCUT2D eigenvalue weighted by Gasteiger charge is 2.22. The minimum atomic E-state index is -0.269. The van der Waals surface area contributed by atoms with Gasteiger partial charge in [0.1, 0.15) is 0 Å². The normalized spacial score (nSPS) is 25.5. The van der Waals surface area contributed by atoms with E-state index in [1.807, 2.05) is 6.07 Å². The van der Waals surface area contributed by atoms with E-state index in [1.165, 1.54) is 7.11 Å². The fourth-order valence-electron chi connectivity index (χ4n) is 2.13. The molecule has 1 saturated heterocycles. The number of rotatable bonds is 2. The zero-order chi connectivity index (χ0) is 10.8. The van der Waals surface area contributed by atoms with E-state index in [2.05, 4.69) is 12.2 Å². The fourth-order valence-corrected chi connectivity index (χ4v) is 2.13. The van der Waals surface area contributed by atoms with E-state index in [0.717, 1.165) is 18.5 Å². The third-order valence-corrected chi connectivity index (χ3v) is 3.00. The number of ether oxygens (including phenoxy) is 1. The lowest BCUT2D eigenvalue weighted by molar-refractivity contribution is 0.386. The summed E-state index contributed by atoms with van der Waals surface area (Å²) in [6.07, 6.45) is 1.08. The third kappa shape index (κ3) is 2.12. The van der Waals surface area contributed by atoms with Crippen molar-refractivity contribution in [2.45, 2.75) is 25.3 Å². The predicted octanol–water partition coefficient (Wildman–Crippen LogP) is 2.30. The van der Waals surface area contributed by atoms with Crippen LogP contribution in [0.4, 0.5) is 4.39 Å². The Hall–Kier alpha value is -1.09. The topological polar surface area (TPSA) is 21.3 Å². The van der Waals surface area contributed by atoms with E-state index < -0.39 is 0 Å². The van der Waals surface area contributed by atoms with Crippen molar-refractivity contribution in [3.05, 3.63) is 29.6 Å². The summed E-state index contributed by atoms with van der Waals surface area (Å²) in [5.41, 5.74) is 1.06. The molecule has 2 rings (SSSR count). The second-order valence-electron chi connectivity index (χ2n) is 4.14. The number of halogens is 1. The van der Waals surface area contributed by atoms with Gasteiger partial charge in [-0.15, -0.1) is 0 Å². The summed E-state index contributed by atoms with van der Waals surface area (Å²) in [5, 5.41) is 3.36. The number of benzene rings is 1. The number of methoxy groups -OCH3 is 1. The maximum absolute atomic E-state index is 13.5. The molecule has 1 heterocycles. The summed E-state index contributed by atoms with van der Waals surface area (Å²) in [4.78, 5) is 0. The number of hydrogen-bond acceptors (Lipinski definition) is 2. The van der Waals surface area contributed by atoms with Gasteiger partial charge < -0.3 is 10.1 Å². The highest BCUT2D eigenvalue weighted by atomic mass is 19.1. The molecule has 2 nitrogen and oxygen atoms in total. The van der Waals surface area contributed by atoms with Crippen LogP contribution in [0.1, 0.15) is 24.8 Å². The van der Waals surface area contributed by atoms with Gasteiger partial charge in [-0.25, -0.2) is 4.39 Å². The second kappa shape index (κ2) is 4.19. The molecule has 2 atom stereocenters. The van der Waals surface area contributed by atoms with Crippen molar-refractivity contribution in [1.29, 1.82) is 0 Å². The minimum Gasteiger partial charge on any atom is -0.494 e. The van der Waals surface area contributed by atoms with Crippen LogP contribution in [0.5, 0.6) is 5.75 Å². The van der Waals surface area contributed by atoms with Gasteiger partial charge in [0, 0.05) is 12.6 Å². The molecule has 0 bridgehead atoms. The number of nitrogens with one attached hydrogen (secondary N) is 1. The first-order chi connectivity index (χ1) is 7.20. The van der Waals surface area contributed by atoms with Crippen LogP contribution in [0.3, 0.4) is 0 Å². The lowest BCUT2D eigenvalue weighted by atomic mass is 9.96. The molecule has 0 aromatic heterocycles. The lowest BCUT2D eigenvalue weighted by Crippen LogP contribution is -2.16. The molecule has 0 amide bonds. The van der Waals surface area contributed by atoms with Gasteiger partial charge in [0.2, 0.25) is 0 Å². The van der Waals surface area contributed by atoms with Crippen molar-refractivity contribution in [2.75, 3.05) is 13.7 Å². The molecule has 1 aromatic rings. The molecule has 0 aliphatic carbocycles. The fraction of sp³-hybridized carbons (Fsp3) is 0.500. The summed E-state index contributed by atoms with van der Waals surface area (Å²) < 4.78 is 18.3. The van der Waals surface area contributed by atoms with Gasteiger partial charge in [-0.3, -0.25) is 0 Å². The zero-order valence-corrected chi connectivity index (χ0v) is 9.09. The summed E-state index contributed by atoms with van der Waals surface area (Å²) >= 11 is 0. The Bertz CT molecular complexity index is 353. The average molecular weight is 209 g/mol. The highest BCUT2D eigenvalue weighted by Crippen LogP contribution is 2.28. The van der Waals surface area contributed by atoms with Crippen molar-refractivity contribution < 1.29 is 9.13 Å². The van der Waals surface area contributed by atoms with Crippen molar-refractivity contribution in [1.82, 2.24) is 5.32 Å². The average Bonchev–Trinajstić information content (AvgIpc) is 2.65. The molecule has 1 aliphatic heterocycles. The summed E-state index contributed by atoms with van der Waals surface area (Å²) in [6.45, 7) is 3.09. The summed E-state index contributed by atoms with van der Waals surface area (Å²) in [6, 6.07) is 5.77. The van der Waals surface area contributed by atoms with Gasteiger partial charge in [0.15, 0.2) is 11.6 Å². The van der Waals surface area contributed by atoms with E-state index in [-0.39, 0.29) is 5.82 Å². The SMILES string of the molecule is COc1ccc(C2CNC(C)C2)cc1F. The van der Waals surface area contributed by atoms with E-state index in [4.69, 9.17) is 4.74 Å². The smallest absolute Gasteiger partial charge is 0.165 e. The van der Waals surface area contributed by atoms with Crippen LogP contribution in [-0.2, 0) is 0 Å². The first-order valence-corrected chi connectivity index (χ1v) is 5.27. The Morgan fingerprint density at radius 1 is 1.47 bits per heavy atom. The molecule has 0 spiro atoms. The van der Waals surface area contributed by atoms with Gasteiger partial charge in [0.05, 0.1) is 7.11 Å². The Morgan fingerprint density at radius 2 is 2.27 bits per heavy atom. The minimum absolute atomic E-state index is 0.269. The lowest BCUT2D eigenvalue weighted by Gasteiger charge is -2.10. The molecule has 1 aromatic carbocycles. The van der Waals surface area contributed by atoms with Crippen LogP contribution in [0.2, 0.25) is 0 Å². The molecule has 0 saturated carbocycles. The molecule has 1 N–H and O–H groups in total. The van der Waals surface area contributed by atoms with Crippen LogP contribution in [0, 0.1) is 5.82 Å². The van der Waals surface area contributed by atoms with Gasteiger partial charge >= 0.3 is 0 Å². The Kier molecular flexibility index (Phi) is 2.91. The molecule has 1 aliphatic rings. The third-order valence-electron chi connectivity index (χ3n) is 3.00. The van der Waals surface area contributed by atoms with Crippen LogP contribution in [0.25, 0.3) is 0 Å². The maximum Gasteiger partial charge on any atom is 0.165 e. The first-order valence-electron chi connectivity index (χ1n) is 5.27. The van der Waals surface area contributed by atoms with Gasteiger partial charge in [-0.1, -0.05) is 6.07 Å².